The van der Waals surface area contributed by atoms with Crippen LogP contribution < -0.4 is 5.32 Å². The second-order valence-electron chi connectivity index (χ2n) is 7.88. The van der Waals surface area contributed by atoms with Gasteiger partial charge in [0.2, 0.25) is 5.91 Å². The molecule has 0 aliphatic heterocycles. The Bertz CT molecular complexity index is 1620. The second kappa shape index (κ2) is 8.25. The van der Waals surface area contributed by atoms with Crippen molar-refractivity contribution >= 4 is 28.1 Å². The van der Waals surface area contributed by atoms with Gasteiger partial charge in [-0.05, 0) is 53.9 Å². The van der Waals surface area contributed by atoms with Gasteiger partial charge in [-0.2, -0.15) is 9.61 Å². The molecule has 4 heterocycles. The minimum atomic E-state index is -0.0832. The zero-order chi connectivity index (χ0) is 22.9. The first-order valence-corrected chi connectivity index (χ1v) is 10.8. The third kappa shape index (κ3) is 3.67. The predicted molar refractivity (Wildman–Crippen MR) is 130 cm³/mol. The molecule has 0 fully saturated rings. The van der Waals surface area contributed by atoms with Crippen molar-refractivity contribution in [3.05, 3.63) is 97.5 Å². The lowest BCUT2D eigenvalue weighted by Crippen LogP contribution is -2.18. The average molecular weight is 445 g/mol. The van der Waals surface area contributed by atoms with E-state index in [0.717, 1.165) is 33.4 Å². The van der Waals surface area contributed by atoms with Crippen LogP contribution in [-0.2, 0) is 11.3 Å². The lowest BCUT2D eigenvalue weighted by molar-refractivity contribution is -0.116. The summed E-state index contributed by atoms with van der Waals surface area (Å²) in [4.78, 5) is 16.7. The van der Waals surface area contributed by atoms with Crippen molar-refractivity contribution in [1.82, 2.24) is 29.4 Å². The van der Waals surface area contributed by atoms with Crippen molar-refractivity contribution in [3.8, 4) is 22.6 Å². The topological polar surface area (TPSA) is 90.0 Å². The molecule has 0 aliphatic rings. The summed E-state index contributed by atoms with van der Waals surface area (Å²) in [5.41, 5.74) is 5.02. The molecule has 0 aliphatic carbocycles. The van der Waals surface area contributed by atoms with Gasteiger partial charge in [0.1, 0.15) is 6.54 Å². The van der Waals surface area contributed by atoms with Gasteiger partial charge in [-0.1, -0.05) is 30.3 Å². The quantitative estimate of drug-likeness (QED) is 0.424. The zero-order valence-corrected chi connectivity index (χ0v) is 18.0. The number of benzene rings is 2. The minimum Gasteiger partial charge on any atom is -0.338 e. The number of carbonyl (C=O) groups is 1. The number of pyridine rings is 1. The van der Waals surface area contributed by atoms with Gasteiger partial charge in [0, 0.05) is 40.9 Å². The Morgan fingerprint density at radius 3 is 2.50 bits per heavy atom. The number of carbonyl (C=O) groups excluding carboxylic acids is 1. The highest BCUT2D eigenvalue weighted by Crippen LogP contribution is 2.23. The predicted octanol–water partition coefficient (Wildman–Crippen LogP) is 4.45. The van der Waals surface area contributed by atoms with E-state index < -0.39 is 0 Å². The minimum absolute atomic E-state index is 0.0832. The monoisotopic (exact) mass is 445 g/mol. The average Bonchev–Trinajstić information content (AvgIpc) is 3.49. The van der Waals surface area contributed by atoms with Crippen LogP contribution in [0.3, 0.4) is 0 Å². The first-order valence-electron chi connectivity index (χ1n) is 10.8. The fraction of sp³-hybridized carbons (Fsp3) is 0.0385. The van der Waals surface area contributed by atoms with Gasteiger partial charge in [-0.15, -0.1) is 10.2 Å². The summed E-state index contributed by atoms with van der Waals surface area (Å²) < 4.78 is 3.67. The van der Waals surface area contributed by atoms with E-state index in [1.807, 2.05) is 89.6 Å². The third-order valence-electron chi connectivity index (χ3n) is 5.66. The van der Waals surface area contributed by atoms with Gasteiger partial charge in [0.05, 0.1) is 5.69 Å². The van der Waals surface area contributed by atoms with Crippen molar-refractivity contribution in [2.45, 2.75) is 6.54 Å². The molecule has 0 radical (unpaired) electrons. The molecule has 0 saturated heterocycles. The standard InChI is InChI=1S/C26H19N7O/c34-25(17-32-16-13-19-3-1-2-4-23(19)32)28-21-7-5-18(6-8-21)22-9-10-24-29-30-26(33(24)31-22)20-11-14-27-15-12-20/h1-16H,17H2,(H,28,34). The molecule has 4 aromatic heterocycles. The smallest absolute Gasteiger partial charge is 0.244 e. The number of hydrogen-bond acceptors (Lipinski definition) is 5. The normalized spacial score (nSPS) is 11.2. The second-order valence-corrected chi connectivity index (χ2v) is 7.88. The van der Waals surface area contributed by atoms with E-state index in [0.29, 0.717) is 11.5 Å². The van der Waals surface area contributed by atoms with Crippen LogP contribution in [0.1, 0.15) is 0 Å². The van der Waals surface area contributed by atoms with Gasteiger partial charge < -0.3 is 9.88 Å². The Morgan fingerprint density at radius 1 is 0.824 bits per heavy atom. The highest BCUT2D eigenvalue weighted by molar-refractivity contribution is 5.92. The molecule has 0 bridgehead atoms. The van der Waals surface area contributed by atoms with Gasteiger partial charge in [0.15, 0.2) is 11.5 Å². The third-order valence-corrected chi connectivity index (χ3v) is 5.66. The van der Waals surface area contributed by atoms with E-state index in [9.17, 15) is 4.79 Å². The summed E-state index contributed by atoms with van der Waals surface area (Å²) in [6.07, 6.45) is 5.36. The Labute approximate surface area is 194 Å². The van der Waals surface area contributed by atoms with E-state index in [4.69, 9.17) is 5.10 Å². The fourth-order valence-electron chi connectivity index (χ4n) is 3.98. The first kappa shape index (κ1) is 19.8. The van der Waals surface area contributed by atoms with Crippen LogP contribution in [0.25, 0.3) is 39.2 Å². The molecule has 0 atom stereocenters. The van der Waals surface area contributed by atoms with Crippen molar-refractivity contribution in [2.75, 3.05) is 5.32 Å². The van der Waals surface area contributed by atoms with Gasteiger partial charge in [-0.3, -0.25) is 9.78 Å². The van der Waals surface area contributed by atoms with Crippen LogP contribution in [0.5, 0.6) is 0 Å². The van der Waals surface area contributed by atoms with Crippen LogP contribution in [0.4, 0.5) is 5.69 Å². The lowest BCUT2D eigenvalue weighted by atomic mass is 10.1. The van der Waals surface area contributed by atoms with Crippen LogP contribution >= 0.6 is 0 Å². The number of para-hydroxylation sites is 1. The van der Waals surface area contributed by atoms with Crippen LogP contribution in [0, 0.1) is 0 Å². The molecular formula is C26H19N7O. The van der Waals surface area contributed by atoms with Gasteiger partial charge >= 0.3 is 0 Å². The number of fused-ring (bicyclic) bond motifs is 2. The van der Waals surface area contributed by atoms with Gasteiger partial charge in [0.25, 0.3) is 0 Å². The van der Waals surface area contributed by atoms with Crippen molar-refractivity contribution in [1.29, 1.82) is 0 Å². The lowest BCUT2D eigenvalue weighted by Gasteiger charge is -2.09. The summed E-state index contributed by atoms with van der Waals surface area (Å²) >= 11 is 0. The van der Waals surface area contributed by atoms with Gasteiger partial charge in [-0.25, -0.2) is 0 Å². The SMILES string of the molecule is O=C(Cn1ccc2ccccc21)Nc1ccc(-c2ccc3nnc(-c4ccncc4)n3n2)cc1. The molecule has 6 rings (SSSR count). The summed E-state index contributed by atoms with van der Waals surface area (Å²) in [6.45, 7) is 0.249. The van der Waals surface area contributed by atoms with Crippen LogP contribution in [0.2, 0.25) is 0 Å². The molecule has 0 unspecified atom stereocenters. The summed E-state index contributed by atoms with van der Waals surface area (Å²) in [5, 5.41) is 17.3. The van der Waals surface area contributed by atoms with Crippen LogP contribution in [0.15, 0.2) is 97.5 Å². The highest BCUT2D eigenvalue weighted by Gasteiger charge is 2.11. The number of nitrogens with zero attached hydrogens (tertiary/aromatic N) is 6. The molecule has 2 aromatic carbocycles. The number of hydrogen-bond donors (Lipinski definition) is 1. The van der Waals surface area contributed by atoms with E-state index in [1.54, 1.807) is 16.9 Å². The van der Waals surface area contributed by atoms with E-state index in [1.165, 1.54) is 0 Å². The number of amides is 1. The molecule has 0 saturated carbocycles. The maximum Gasteiger partial charge on any atom is 0.244 e. The summed E-state index contributed by atoms with van der Waals surface area (Å²) in [7, 11) is 0. The highest BCUT2D eigenvalue weighted by atomic mass is 16.1. The van der Waals surface area contributed by atoms with E-state index in [2.05, 4.69) is 20.5 Å². The molecule has 34 heavy (non-hydrogen) atoms. The maximum absolute atomic E-state index is 12.6. The number of anilines is 1. The molecule has 164 valence electrons. The Morgan fingerprint density at radius 2 is 1.65 bits per heavy atom. The molecule has 6 aromatic rings. The molecule has 0 spiro atoms. The van der Waals surface area contributed by atoms with Crippen LogP contribution in [-0.4, -0.2) is 35.3 Å². The number of nitrogens with one attached hydrogen (secondary N) is 1. The van der Waals surface area contributed by atoms with E-state index >= 15 is 0 Å². The molecule has 1 amide bonds. The molecule has 8 nitrogen and oxygen atoms in total. The van der Waals surface area contributed by atoms with E-state index in [-0.39, 0.29) is 12.5 Å². The molecule has 8 heteroatoms. The summed E-state index contributed by atoms with van der Waals surface area (Å²) in [6, 6.07) is 25.2. The summed E-state index contributed by atoms with van der Waals surface area (Å²) in [5.74, 6) is 0.570. The van der Waals surface area contributed by atoms with Crippen molar-refractivity contribution in [2.24, 2.45) is 0 Å². The van der Waals surface area contributed by atoms with Crippen molar-refractivity contribution in [3.63, 3.8) is 0 Å². The molecule has 1 N–H and O–H groups in total. The number of aromatic nitrogens is 6. The Hall–Kier alpha value is -4.85. The van der Waals surface area contributed by atoms with Crippen molar-refractivity contribution < 1.29 is 4.79 Å². The maximum atomic E-state index is 12.6. The Kier molecular flexibility index (Phi) is 4.81. The first-order chi connectivity index (χ1) is 16.7. The number of rotatable bonds is 5. The molecular weight excluding hydrogens is 426 g/mol. The largest absolute Gasteiger partial charge is 0.338 e. The Balaban J connectivity index is 1.21. The zero-order valence-electron chi connectivity index (χ0n) is 18.0. The fourth-order valence-corrected chi connectivity index (χ4v) is 3.98.